The minimum absolute atomic E-state index is 0.0504. The van der Waals surface area contributed by atoms with Crippen LogP contribution in [-0.4, -0.2) is 30.2 Å². The molecule has 0 aromatic carbocycles. The Kier molecular flexibility index (Phi) is 8.30. The largest absolute Gasteiger partial charge is 0.352 e. The van der Waals surface area contributed by atoms with E-state index in [9.17, 15) is 14.4 Å². The number of carbonyl (C=O) groups excluding carboxylic acids is 3. The van der Waals surface area contributed by atoms with Gasteiger partial charge in [-0.1, -0.05) is 34.6 Å². The van der Waals surface area contributed by atoms with E-state index in [0.717, 1.165) is 0 Å². The average molecular weight is 313 g/mol. The van der Waals surface area contributed by atoms with Gasteiger partial charge in [0, 0.05) is 24.3 Å². The molecule has 0 aromatic rings. The van der Waals surface area contributed by atoms with Crippen molar-refractivity contribution in [2.45, 2.75) is 59.9 Å². The van der Waals surface area contributed by atoms with Gasteiger partial charge in [0.15, 0.2) is 5.78 Å². The van der Waals surface area contributed by atoms with Crippen LogP contribution in [-0.2, 0) is 9.59 Å². The lowest BCUT2D eigenvalue weighted by Gasteiger charge is -2.25. The van der Waals surface area contributed by atoms with Gasteiger partial charge in [-0.05, 0) is 18.8 Å². The fraction of sp³-hybridized carbons (Fsp3) is 0.812. The Balaban J connectivity index is 4.76. The second-order valence-electron chi connectivity index (χ2n) is 7.18. The number of urea groups is 1. The van der Waals surface area contributed by atoms with Crippen molar-refractivity contribution < 1.29 is 14.4 Å². The number of ketones is 2. The fourth-order valence-electron chi connectivity index (χ4n) is 2.25. The molecule has 0 rings (SSSR count). The first-order valence-corrected chi connectivity index (χ1v) is 7.82. The maximum absolute atomic E-state index is 12.5. The topological polar surface area (TPSA) is 115 Å². The first-order valence-electron chi connectivity index (χ1n) is 7.82. The highest BCUT2D eigenvalue weighted by Gasteiger charge is 2.32. The van der Waals surface area contributed by atoms with Crippen molar-refractivity contribution in [1.82, 2.24) is 5.32 Å². The molecule has 6 nitrogen and oxygen atoms in total. The number of amides is 2. The number of Topliss-reactive ketones (excluding diaryl/α,β-unsaturated/α-hetero) is 2. The van der Waals surface area contributed by atoms with Gasteiger partial charge in [-0.2, -0.15) is 0 Å². The standard InChI is InChI=1S/C16H31N3O3/c1-10(2)13(17)12(20)9-11(14(21)16(3,4)5)7-6-8-19-15(18)22/h10-11,13H,6-9,17H2,1-5H3,(H3,18,19,22). The number of primary amides is 1. The molecular formula is C16H31N3O3. The molecule has 128 valence electrons. The van der Waals surface area contributed by atoms with Crippen LogP contribution in [0.5, 0.6) is 0 Å². The van der Waals surface area contributed by atoms with E-state index >= 15 is 0 Å². The lowest BCUT2D eigenvalue weighted by atomic mass is 9.78. The molecule has 5 N–H and O–H groups in total. The molecule has 2 unspecified atom stereocenters. The molecule has 0 heterocycles. The normalized spacial score (nSPS) is 14.5. The molecule has 0 bridgehead atoms. The third kappa shape index (κ3) is 7.54. The van der Waals surface area contributed by atoms with Crippen LogP contribution in [0.4, 0.5) is 4.79 Å². The molecule has 2 atom stereocenters. The predicted molar refractivity (Wildman–Crippen MR) is 87.2 cm³/mol. The van der Waals surface area contributed by atoms with Crippen LogP contribution in [0.25, 0.3) is 0 Å². The highest BCUT2D eigenvalue weighted by atomic mass is 16.2. The van der Waals surface area contributed by atoms with E-state index < -0.39 is 17.5 Å². The Labute approximate surface area is 133 Å². The molecule has 2 amide bonds. The summed E-state index contributed by atoms with van der Waals surface area (Å²) < 4.78 is 0. The molecule has 0 spiro atoms. The molecule has 0 aliphatic heterocycles. The van der Waals surface area contributed by atoms with Crippen LogP contribution < -0.4 is 16.8 Å². The third-order valence-electron chi connectivity index (χ3n) is 3.68. The van der Waals surface area contributed by atoms with Crippen molar-refractivity contribution in [1.29, 1.82) is 0 Å². The summed E-state index contributed by atoms with van der Waals surface area (Å²) in [6.45, 7) is 9.71. The zero-order chi connectivity index (χ0) is 17.5. The summed E-state index contributed by atoms with van der Waals surface area (Å²) in [7, 11) is 0. The average Bonchev–Trinajstić information content (AvgIpc) is 2.38. The van der Waals surface area contributed by atoms with E-state index in [1.807, 2.05) is 34.6 Å². The predicted octanol–water partition coefficient (Wildman–Crippen LogP) is 1.61. The van der Waals surface area contributed by atoms with Crippen LogP contribution in [0, 0.1) is 17.3 Å². The summed E-state index contributed by atoms with van der Waals surface area (Å²) in [5.74, 6) is -0.349. The molecule has 0 saturated heterocycles. The Hall–Kier alpha value is -1.43. The van der Waals surface area contributed by atoms with Crippen LogP contribution in [0.15, 0.2) is 0 Å². The number of nitrogens with one attached hydrogen (secondary N) is 1. The lowest BCUT2D eigenvalue weighted by molar-refractivity contribution is -0.134. The second-order valence-corrected chi connectivity index (χ2v) is 7.18. The van der Waals surface area contributed by atoms with E-state index in [0.29, 0.717) is 19.4 Å². The Morgan fingerprint density at radius 2 is 1.68 bits per heavy atom. The number of hydrogen-bond donors (Lipinski definition) is 3. The second kappa shape index (κ2) is 8.88. The van der Waals surface area contributed by atoms with Crippen LogP contribution in [0.3, 0.4) is 0 Å². The molecule has 0 aliphatic rings. The van der Waals surface area contributed by atoms with Crippen LogP contribution >= 0.6 is 0 Å². The van der Waals surface area contributed by atoms with E-state index in [1.54, 1.807) is 0 Å². The number of nitrogens with two attached hydrogens (primary N) is 2. The Morgan fingerprint density at radius 3 is 2.09 bits per heavy atom. The smallest absolute Gasteiger partial charge is 0.312 e. The molecule has 0 saturated carbocycles. The minimum Gasteiger partial charge on any atom is -0.352 e. The van der Waals surface area contributed by atoms with Crippen molar-refractivity contribution in [2.75, 3.05) is 6.54 Å². The summed E-state index contributed by atoms with van der Waals surface area (Å²) in [5, 5.41) is 2.49. The van der Waals surface area contributed by atoms with Crippen molar-refractivity contribution in [3.8, 4) is 0 Å². The van der Waals surface area contributed by atoms with E-state index in [2.05, 4.69) is 5.32 Å². The van der Waals surface area contributed by atoms with Gasteiger partial charge in [-0.25, -0.2) is 4.79 Å². The molecule has 6 heteroatoms. The van der Waals surface area contributed by atoms with E-state index in [4.69, 9.17) is 11.5 Å². The van der Waals surface area contributed by atoms with Gasteiger partial charge in [-0.3, -0.25) is 9.59 Å². The molecule has 0 aliphatic carbocycles. The molecular weight excluding hydrogens is 282 g/mol. The zero-order valence-electron chi connectivity index (χ0n) is 14.4. The summed E-state index contributed by atoms with van der Waals surface area (Å²) in [6, 6.07) is -1.13. The highest BCUT2D eigenvalue weighted by molar-refractivity contribution is 5.92. The van der Waals surface area contributed by atoms with Gasteiger partial charge in [-0.15, -0.1) is 0 Å². The van der Waals surface area contributed by atoms with Crippen LogP contribution in [0.2, 0.25) is 0 Å². The quantitative estimate of drug-likeness (QED) is 0.561. The SMILES string of the molecule is CC(C)C(N)C(=O)CC(CCCNC(N)=O)C(=O)C(C)(C)C. The van der Waals surface area contributed by atoms with Gasteiger partial charge in [0.2, 0.25) is 0 Å². The molecule has 22 heavy (non-hydrogen) atoms. The van der Waals surface area contributed by atoms with Crippen molar-refractivity contribution in [2.24, 2.45) is 28.7 Å². The molecule has 0 fully saturated rings. The first-order chi connectivity index (χ1) is 9.96. The first kappa shape index (κ1) is 20.6. The van der Waals surface area contributed by atoms with Crippen LogP contribution in [0.1, 0.15) is 53.9 Å². The maximum atomic E-state index is 12.5. The number of hydrogen-bond acceptors (Lipinski definition) is 4. The lowest BCUT2D eigenvalue weighted by Crippen LogP contribution is -2.39. The van der Waals surface area contributed by atoms with Gasteiger partial charge in [0.25, 0.3) is 0 Å². The van der Waals surface area contributed by atoms with Crippen molar-refractivity contribution >= 4 is 17.6 Å². The van der Waals surface area contributed by atoms with Crippen molar-refractivity contribution in [3.05, 3.63) is 0 Å². The van der Waals surface area contributed by atoms with E-state index in [1.165, 1.54) is 0 Å². The van der Waals surface area contributed by atoms with Gasteiger partial charge < -0.3 is 16.8 Å². The van der Waals surface area contributed by atoms with Crippen molar-refractivity contribution in [3.63, 3.8) is 0 Å². The number of rotatable bonds is 9. The summed E-state index contributed by atoms with van der Waals surface area (Å²) >= 11 is 0. The molecule has 0 aromatic heterocycles. The molecule has 0 radical (unpaired) electrons. The Bertz CT molecular complexity index is 400. The van der Waals surface area contributed by atoms with Gasteiger partial charge in [0.1, 0.15) is 5.78 Å². The summed E-state index contributed by atoms with van der Waals surface area (Å²) in [5.41, 5.74) is 10.4. The monoisotopic (exact) mass is 313 g/mol. The summed E-state index contributed by atoms with van der Waals surface area (Å²) in [4.78, 5) is 35.4. The minimum atomic E-state index is -0.586. The van der Waals surface area contributed by atoms with Gasteiger partial charge in [0.05, 0.1) is 6.04 Å². The van der Waals surface area contributed by atoms with Gasteiger partial charge >= 0.3 is 6.03 Å². The van der Waals surface area contributed by atoms with E-state index in [-0.39, 0.29) is 29.8 Å². The highest BCUT2D eigenvalue weighted by Crippen LogP contribution is 2.26. The summed E-state index contributed by atoms with van der Waals surface area (Å²) in [6.07, 6.45) is 1.29. The fourth-order valence-corrected chi connectivity index (χ4v) is 2.25. The zero-order valence-corrected chi connectivity index (χ0v) is 14.4. The Morgan fingerprint density at radius 1 is 1.14 bits per heavy atom. The number of carbonyl (C=O) groups is 3. The maximum Gasteiger partial charge on any atom is 0.312 e. The third-order valence-corrected chi connectivity index (χ3v) is 3.68.